The summed E-state index contributed by atoms with van der Waals surface area (Å²) in [6.45, 7) is 1.60. The Kier molecular flexibility index (Phi) is 4.29. The van der Waals surface area contributed by atoms with E-state index in [1.165, 1.54) is 0 Å². The van der Waals surface area contributed by atoms with Gasteiger partial charge < -0.3 is 19.7 Å². The normalized spacial score (nSPS) is 11.1. The Morgan fingerprint density at radius 2 is 2.33 bits per heavy atom. The topological polar surface area (TPSA) is 85.1 Å². The first-order valence-electron chi connectivity index (χ1n) is 5.48. The number of methoxy groups -OCH3 is 1. The summed E-state index contributed by atoms with van der Waals surface area (Å²) in [5, 5.41) is 12.0. The molecule has 18 heavy (non-hydrogen) atoms. The average Bonchev–Trinajstić information content (AvgIpc) is 2.76. The fourth-order valence-corrected chi connectivity index (χ4v) is 1.77. The molecule has 0 aliphatic rings. The van der Waals surface area contributed by atoms with E-state index in [2.05, 4.69) is 20.3 Å². The fourth-order valence-electron chi connectivity index (χ4n) is 1.61. The van der Waals surface area contributed by atoms with Crippen LogP contribution in [0.4, 0.5) is 5.82 Å². The molecular weight excluding hydrogens is 258 g/mol. The summed E-state index contributed by atoms with van der Waals surface area (Å²) in [6, 6.07) is 0. The van der Waals surface area contributed by atoms with Crippen LogP contribution in [-0.4, -0.2) is 51.5 Å². The third-order valence-electron chi connectivity index (χ3n) is 2.39. The maximum Gasteiger partial charge on any atom is 0.226 e. The largest absolute Gasteiger partial charge is 0.395 e. The number of anilines is 1. The van der Waals surface area contributed by atoms with Gasteiger partial charge in [0.25, 0.3) is 0 Å². The highest BCUT2D eigenvalue weighted by molar-refractivity contribution is 6.28. The molecule has 0 aliphatic carbocycles. The number of aliphatic hydroxyl groups excluding tert-OH is 1. The molecular formula is C10H14ClN5O2. The molecule has 0 atom stereocenters. The molecule has 2 heterocycles. The van der Waals surface area contributed by atoms with E-state index >= 15 is 0 Å². The lowest BCUT2D eigenvalue weighted by atomic mass is 10.4. The molecule has 2 aromatic rings. The van der Waals surface area contributed by atoms with Crippen molar-refractivity contribution in [1.29, 1.82) is 0 Å². The second-order valence-electron chi connectivity index (χ2n) is 3.59. The van der Waals surface area contributed by atoms with Crippen molar-refractivity contribution in [3.8, 4) is 0 Å². The van der Waals surface area contributed by atoms with Crippen LogP contribution in [0.15, 0.2) is 6.33 Å². The Morgan fingerprint density at radius 1 is 1.50 bits per heavy atom. The van der Waals surface area contributed by atoms with Crippen molar-refractivity contribution >= 4 is 28.6 Å². The van der Waals surface area contributed by atoms with Crippen LogP contribution in [0.5, 0.6) is 0 Å². The molecule has 2 aromatic heterocycles. The molecule has 0 spiro atoms. The number of nitrogens with one attached hydrogen (secondary N) is 1. The summed E-state index contributed by atoms with van der Waals surface area (Å²) >= 11 is 5.82. The second-order valence-corrected chi connectivity index (χ2v) is 3.93. The van der Waals surface area contributed by atoms with Gasteiger partial charge in [0, 0.05) is 20.2 Å². The van der Waals surface area contributed by atoms with Gasteiger partial charge in [0.15, 0.2) is 11.5 Å². The first-order valence-corrected chi connectivity index (χ1v) is 5.86. The van der Waals surface area contributed by atoms with E-state index in [1.54, 1.807) is 13.4 Å². The number of rotatable bonds is 6. The minimum Gasteiger partial charge on any atom is -0.395 e. The van der Waals surface area contributed by atoms with E-state index in [9.17, 15) is 0 Å². The van der Waals surface area contributed by atoms with Crippen molar-refractivity contribution < 1.29 is 9.84 Å². The molecule has 0 bridgehead atoms. The predicted molar refractivity (Wildman–Crippen MR) is 67.8 cm³/mol. The summed E-state index contributed by atoms with van der Waals surface area (Å²) in [7, 11) is 1.64. The Labute approximate surface area is 109 Å². The number of aromatic nitrogens is 4. The van der Waals surface area contributed by atoms with Crippen LogP contribution in [-0.2, 0) is 11.3 Å². The van der Waals surface area contributed by atoms with Crippen LogP contribution >= 0.6 is 11.6 Å². The van der Waals surface area contributed by atoms with Gasteiger partial charge in [-0.3, -0.25) is 0 Å². The average molecular weight is 272 g/mol. The number of hydrogen-bond donors (Lipinski definition) is 2. The number of imidazole rings is 1. The van der Waals surface area contributed by atoms with Gasteiger partial charge in [-0.25, -0.2) is 4.98 Å². The number of ether oxygens (including phenoxy) is 1. The number of fused-ring (bicyclic) bond motifs is 1. The van der Waals surface area contributed by atoms with Crippen LogP contribution in [0, 0.1) is 0 Å². The lowest BCUT2D eigenvalue weighted by Crippen LogP contribution is -2.10. The van der Waals surface area contributed by atoms with Gasteiger partial charge >= 0.3 is 0 Å². The lowest BCUT2D eigenvalue weighted by Gasteiger charge is -2.08. The highest BCUT2D eigenvalue weighted by atomic mass is 35.5. The van der Waals surface area contributed by atoms with Gasteiger partial charge in [0.2, 0.25) is 5.28 Å². The molecule has 0 saturated heterocycles. The summed E-state index contributed by atoms with van der Waals surface area (Å²) < 4.78 is 6.92. The van der Waals surface area contributed by atoms with E-state index in [4.69, 9.17) is 21.4 Å². The maximum absolute atomic E-state index is 8.85. The van der Waals surface area contributed by atoms with Crippen LogP contribution in [0.25, 0.3) is 11.2 Å². The third-order valence-corrected chi connectivity index (χ3v) is 2.55. The fraction of sp³-hybridized carbons (Fsp3) is 0.500. The molecule has 0 amide bonds. The van der Waals surface area contributed by atoms with Crippen molar-refractivity contribution in [2.75, 3.05) is 32.2 Å². The quantitative estimate of drug-likeness (QED) is 0.746. The van der Waals surface area contributed by atoms with Crippen molar-refractivity contribution in [2.24, 2.45) is 0 Å². The third kappa shape index (κ3) is 2.69. The summed E-state index contributed by atoms with van der Waals surface area (Å²) in [5.41, 5.74) is 1.27. The van der Waals surface area contributed by atoms with Gasteiger partial charge in [0.1, 0.15) is 5.52 Å². The number of nitrogens with zero attached hydrogens (tertiary/aromatic N) is 4. The zero-order chi connectivity index (χ0) is 13.0. The Bertz CT molecular complexity index is 530. The lowest BCUT2D eigenvalue weighted by molar-refractivity contribution is 0.188. The summed E-state index contributed by atoms with van der Waals surface area (Å²) in [4.78, 5) is 12.3. The van der Waals surface area contributed by atoms with Crippen molar-refractivity contribution in [1.82, 2.24) is 19.5 Å². The molecule has 0 aliphatic heterocycles. The van der Waals surface area contributed by atoms with Gasteiger partial charge in [0.05, 0.1) is 19.5 Å². The minimum atomic E-state index is 0.00925. The van der Waals surface area contributed by atoms with Gasteiger partial charge in [-0.1, -0.05) is 0 Å². The molecule has 0 radical (unpaired) electrons. The molecule has 2 rings (SSSR count). The van der Waals surface area contributed by atoms with E-state index in [-0.39, 0.29) is 11.9 Å². The smallest absolute Gasteiger partial charge is 0.226 e. The van der Waals surface area contributed by atoms with Crippen molar-refractivity contribution in [2.45, 2.75) is 6.54 Å². The van der Waals surface area contributed by atoms with Crippen LogP contribution in [0.1, 0.15) is 0 Å². The SMILES string of the molecule is COCCn1cnc2nc(Cl)nc(NCCO)c21. The highest BCUT2D eigenvalue weighted by Crippen LogP contribution is 2.21. The second kappa shape index (κ2) is 5.94. The maximum atomic E-state index is 8.85. The first kappa shape index (κ1) is 13.0. The van der Waals surface area contributed by atoms with E-state index < -0.39 is 0 Å². The monoisotopic (exact) mass is 271 g/mol. The predicted octanol–water partition coefficient (Wildman–Crippen LogP) is 0.530. The van der Waals surface area contributed by atoms with Crippen LogP contribution < -0.4 is 5.32 Å². The summed E-state index contributed by atoms with van der Waals surface area (Å²) in [6.07, 6.45) is 1.67. The molecule has 0 fully saturated rings. The first-order chi connectivity index (χ1) is 8.76. The van der Waals surface area contributed by atoms with Gasteiger partial charge in [-0.2, -0.15) is 9.97 Å². The van der Waals surface area contributed by atoms with Crippen molar-refractivity contribution in [3.63, 3.8) is 0 Å². The molecule has 0 unspecified atom stereocenters. The van der Waals surface area contributed by atoms with E-state index in [0.29, 0.717) is 31.2 Å². The Hall–Kier alpha value is -1.44. The zero-order valence-corrected chi connectivity index (χ0v) is 10.7. The standard InChI is InChI=1S/C10H14ClN5O2/c1-18-5-3-16-6-13-9-7(16)8(12-2-4-17)14-10(11)15-9/h6,17H,2-5H2,1H3,(H,12,14,15). The van der Waals surface area contributed by atoms with E-state index in [1.807, 2.05) is 4.57 Å². The number of hydrogen-bond acceptors (Lipinski definition) is 6. The minimum absolute atomic E-state index is 0.00925. The molecule has 8 heteroatoms. The van der Waals surface area contributed by atoms with Crippen LogP contribution in [0.2, 0.25) is 5.28 Å². The number of halogens is 1. The number of aliphatic hydroxyl groups is 1. The molecule has 2 N–H and O–H groups in total. The van der Waals surface area contributed by atoms with Crippen LogP contribution in [0.3, 0.4) is 0 Å². The zero-order valence-electron chi connectivity index (χ0n) is 9.93. The summed E-state index contributed by atoms with van der Waals surface area (Å²) in [5.74, 6) is 0.563. The molecule has 98 valence electrons. The van der Waals surface area contributed by atoms with Gasteiger partial charge in [-0.05, 0) is 11.6 Å². The molecule has 0 saturated carbocycles. The van der Waals surface area contributed by atoms with Gasteiger partial charge in [-0.15, -0.1) is 0 Å². The Morgan fingerprint density at radius 3 is 3.06 bits per heavy atom. The van der Waals surface area contributed by atoms with E-state index in [0.717, 1.165) is 5.52 Å². The Balaban J connectivity index is 2.41. The molecule has 0 aromatic carbocycles. The van der Waals surface area contributed by atoms with Crippen molar-refractivity contribution in [3.05, 3.63) is 11.6 Å². The highest BCUT2D eigenvalue weighted by Gasteiger charge is 2.12. The molecule has 7 nitrogen and oxygen atoms in total.